The molecule has 0 radical (unpaired) electrons. The highest BCUT2D eigenvalue weighted by Gasteiger charge is 2.29. The smallest absolute Gasteiger partial charge is 0.230 e. The Bertz CT molecular complexity index is 797. The second-order valence-electron chi connectivity index (χ2n) is 6.76. The van der Waals surface area contributed by atoms with Crippen molar-refractivity contribution in [2.75, 3.05) is 36.8 Å². The van der Waals surface area contributed by atoms with Crippen LogP contribution in [0, 0.1) is 11.8 Å². The fraction of sp³-hybridized carbons (Fsp3) is 0.550. The average Bonchev–Trinajstić information content (AvgIpc) is 2.72. The second kappa shape index (κ2) is 12.0. The fourth-order valence-electron chi connectivity index (χ4n) is 3.04. The van der Waals surface area contributed by atoms with Crippen LogP contribution < -0.4 is 10.4 Å². The number of anilines is 1. The van der Waals surface area contributed by atoms with Gasteiger partial charge in [0.1, 0.15) is 5.75 Å². The molecule has 0 aromatic heterocycles. The summed E-state index contributed by atoms with van der Waals surface area (Å²) >= 11 is 5.92. The summed E-state index contributed by atoms with van der Waals surface area (Å²) < 4.78 is 27.1. The molecule has 1 saturated heterocycles. The Morgan fingerprint density at radius 1 is 1.21 bits per heavy atom. The first kappa shape index (κ1) is 23.5. The predicted octanol–water partition coefficient (Wildman–Crippen LogP) is 2.42. The normalized spacial score (nSPS) is 16.0. The monoisotopic (exact) mass is 441 g/mol. The number of carbonyl (C=O) groups is 1. The molecule has 0 spiro atoms. The number of sulfonamides is 1. The van der Waals surface area contributed by atoms with Gasteiger partial charge in [-0.05, 0) is 30.7 Å². The van der Waals surface area contributed by atoms with E-state index in [9.17, 15) is 13.2 Å². The summed E-state index contributed by atoms with van der Waals surface area (Å²) in [6.07, 6.45) is 3.25. The van der Waals surface area contributed by atoms with Gasteiger partial charge in [-0.3, -0.25) is 9.63 Å². The van der Waals surface area contributed by atoms with E-state index in [2.05, 4.69) is 29.1 Å². The van der Waals surface area contributed by atoms with Gasteiger partial charge >= 0.3 is 0 Å². The molecule has 160 valence electrons. The number of benzene rings is 1. The van der Waals surface area contributed by atoms with Crippen molar-refractivity contribution in [3.05, 3.63) is 29.3 Å². The molecule has 29 heavy (non-hydrogen) atoms. The Kier molecular flexibility index (Phi) is 9.74. The molecule has 1 N–H and O–H groups in total. The highest BCUT2D eigenvalue weighted by molar-refractivity contribution is 7.89. The lowest BCUT2D eigenvalue weighted by Gasteiger charge is -2.35. The standard InChI is InChI=1S/C20H28ClN3O4S/c1-2-3-4-5-6-7-20(28-22-17-25)16-29(26,27)24-14-12-23(13-15-24)19-10-8-18(21)9-11-19/h8-11,17,20H,2-5,12-16H2,1H3,(H,22,25). The van der Waals surface area contributed by atoms with Crippen LogP contribution in [-0.2, 0) is 19.7 Å². The quantitative estimate of drug-likeness (QED) is 0.261. The number of hydrogen-bond acceptors (Lipinski definition) is 5. The number of nitrogens with one attached hydrogen (secondary N) is 1. The number of nitrogens with zero attached hydrogens (tertiary/aromatic N) is 2. The van der Waals surface area contributed by atoms with E-state index in [0.717, 1.165) is 24.9 Å². The minimum absolute atomic E-state index is 0.296. The van der Waals surface area contributed by atoms with Crippen LogP contribution in [0.25, 0.3) is 0 Å². The van der Waals surface area contributed by atoms with Crippen molar-refractivity contribution in [1.82, 2.24) is 9.79 Å². The molecular formula is C20H28ClN3O4S. The number of unbranched alkanes of at least 4 members (excludes halogenated alkanes) is 3. The molecule has 0 aliphatic carbocycles. The Balaban J connectivity index is 1.93. The fourth-order valence-corrected chi connectivity index (χ4v) is 4.63. The van der Waals surface area contributed by atoms with Gasteiger partial charge in [-0.15, -0.1) is 5.92 Å². The van der Waals surface area contributed by atoms with Gasteiger partial charge in [0.25, 0.3) is 0 Å². The van der Waals surface area contributed by atoms with Gasteiger partial charge in [0.15, 0.2) is 6.10 Å². The van der Waals surface area contributed by atoms with Gasteiger partial charge in [-0.2, -0.15) is 4.31 Å². The maximum Gasteiger partial charge on any atom is 0.230 e. The summed E-state index contributed by atoms with van der Waals surface area (Å²) in [6.45, 7) is 4.03. The van der Waals surface area contributed by atoms with E-state index in [0.29, 0.717) is 44.0 Å². The lowest BCUT2D eigenvalue weighted by Crippen LogP contribution is -2.50. The third kappa shape index (κ3) is 7.86. The Morgan fingerprint density at radius 3 is 2.52 bits per heavy atom. The lowest BCUT2D eigenvalue weighted by atomic mass is 10.2. The molecule has 1 fully saturated rings. The molecular weight excluding hydrogens is 414 g/mol. The first-order valence-corrected chi connectivity index (χ1v) is 11.8. The van der Waals surface area contributed by atoms with Crippen molar-refractivity contribution in [1.29, 1.82) is 0 Å². The van der Waals surface area contributed by atoms with E-state index in [1.807, 2.05) is 24.3 Å². The molecule has 1 aromatic rings. The summed E-state index contributed by atoms with van der Waals surface area (Å²) in [5.74, 6) is 5.49. The van der Waals surface area contributed by atoms with Crippen LogP contribution in [0.5, 0.6) is 0 Å². The van der Waals surface area contributed by atoms with Gasteiger partial charge in [0.2, 0.25) is 16.4 Å². The van der Waals surface area contributed by atoms with Crippen molar-refractivity contribution in [3.63, 3.8) is 0 Å². The molecule has 1 aliphatic heterocycles. The summed E-state index contributed by atoms with van der Waals surface area (Å²) in [5, 5.41) is 0.667. The maximum absolute atomic E-state index is 12.8. The Morgan fingerprint density at radius 2 is 1.90 bits per heavy atom. The first-order chi connectivity index (χ1) is 14.0. The second-order valence-corrected chi connectivity index (χ2v) is 9.21. The third-order valence-electron chi connectivity index (χ3n) is 4.61. The summed E-state index contributed by atoms with van der Waals surface area (Å²) in [5.41, 5.74) is 3.09. The molecule has 1 amide bonds. The van der Waals surface area contributed by atoms with E-state index in [1.165, 1.54) is 4.31 Å². The van der Waals surface area contributed by atoms with Gasteiger partial charge in [-0.1, -0.05) is 37.3 Å². The SMILES string of the molecule is CCCCCC#CC(CS(=O)(=O)N1CCN(c2ccc(Cl)cc2)CC1)ONC=O. The molecule has 1 heterocycles. The molecule has 7 nitrogen and oxygen atoms in total. The number of carbonyl (C=O) groups excluding carboxylic acids is 1. The van der Waals surface area contributed by atoms with Crippen LogP contribution in [0.15, 0.2) is 24.3 Å². The maximum atomic E-state index is 12.8. The van der Waals surface area contributed by atoms with Crippen LogP contribution in [-0.4, -0.2) is 57.2 Å². The number of amides is 1. The summed E-state index contributed by atoms with van der Waals surface area (Å²) in [4.78, 5) is 17.8. The molecule has 1 aliphatic rings. The van der Waals surface area contributed by atoms with Crippen LogP contribution >= 0.6 is 11.6 Å². The van der Waals surface area contributed by atoms with E-state index in [1.54, 1.807) is 0 Å². The van der Waals surface area contributed by atoms with E-state index >= 15 is 0 Å². The van der Waals surface area contributed by atoms with Crippen LogP contribution in [0.4, 0.5) is 5.69 Å². The zero-order chi connectivity index (χ0) is 21.1. The van der Waals surface area contributed by atoms with Crippen LogP contribution in [0.3, 0.4) is 0 Å². The molecule has 2 rings (SSSR count). The number of rotatable bonds is 10. The molecule has 0 bridgehead atoms. The lowest BCUT2D eigenvalue weighted by molar-refractivity contribution is -0.122. The van der Waals surface area contributed by atoms with E-state index in [-0.39, 0.29) is 5.75 Å². The van der Waals surface area contributed by atoms with Gasteiger partial charge in [-0.25, -0.2) is 13.9 Å². The third-order valence-corrected chi connectivity index (χ3v) is 6.74. The number of hydrogen-bond donors (Lipinski definition) is 1. The predicted molar refractivity (Wildman–Crippen MR) is 115 cm³/mol. The van der Waals surface area contributed by atoms with E-state index < -0.39 is 16.1 Å². The van der Waals surface area contributed by atoms with Crippen molar-refractivity contribution >= 4 is 33.7 Å². The molecule has 1 atom stereocenters. The van der Waals surface area contributed by atoms with Crippen LogP contribution in [0.2, 0.25) is 5.02 Å². The highest BCUT2D eigenvalue weighted by atomic mass is 35.5. The van der Waals surface area contributed by atoms with Gasteiger partial charge in [0, 0.05) is 43.3 Å². The zero-order valence-electron chi connectivity index (χ0n) is 16.6. The Labute approximate surface area is 178 Å². The highest BCUT2D eigenvalue weighted by Crippen LogP contribution is 2.20. The van der Waals surface area contributed by atoms with Crippen LogP contribution in [0.1, 0.15) is 32.6 Å². The first-order valence-electron chi connectivity index (χ1n) is 9.78. The Hall–Kier alpha value is -1.79. The number of halogens is 1. The van der Waals surface area contributed by atoms with Crippen molar-refractivity contribution in [2.24, 2.45) is 0 Å². The van der Waals surface area contributed by atoms with E-state index in [4.69, 9.17) is 16.4 Å². The topological polar surface area (TPSA) is 79.0 Å². The van der Waals surface area contributed by atoms with Gasteiger partial charge < -0.3 is 4.90 Å². The number of piperazine rings is 1. The molecule has 1 unspecified atom stereocenters. The summed E-state index contributed by atoms with van der Waals surface area (Å²) in [6, 6.07) is 7.49. The zero-order valence-corrected chi connectivity index (χ0v) is 18.2. The van der Waals surface area contributed by atoms with Crippen molar-refractivity contribution in [3.8, 4) is 11.8 Å². The minimum Gasteiger partial charge on any atom is -0.369 e. The number of hydroxylamine groups is 1. The minimum atomic E-state index is -3.57. The van der Waals surface area contributed by atoms with Crippen molar-refractivity contribution < 1.29 is 18.0 Å². The van der Waals surface area contributed by atoms with Crippen molar-refractivity contribution in [2.45, 2.75) is 38.7 Å². The molecule has 0 saturated carbocycles. The largest absolute Gasteiger partial charge is 0.369 e. The summed E-state index contributed by atoms with van der Waals surface area (Å²) in [7, 11) is -3.57. The average molecular weight is 442 g/mol. The molecule has 9 heteroatoms. The molecule has 1 aromatic carbocycles. The van der Waals surface area contributed by atoms with Gasteiger partial charge in [0.05, 0.1) is 0 Å².